The summed E-state index contributed by atoms with van der Waals surface area (Å²) >= 11 is 0. The Hall–Kier alpha value is -1.66. The molecule has 29 heavy (non-hydrogen) atoms. The number of hydrogen-bond acceptors (Lipinski definition) is 5. The molecule has 4 heterocycles. The number of likely N-dealkylation sites (tertiary alicyclic amines) is 2. The molecule has 1 aromatic heterocycles. The first-order chi connectivity index (χ1) is 14.1. The van der Waals surface area contributed by atoms with Crippen molar-refractivity contribution in [3.63, 3.8) is 0 Å². The predicted octanol–water partition coefficient (Wildman–Crippen LogP) is 2.70. The molecule has 160 valence electrons. The number of aromatic nitrogens is 1. The van der Waals surface area contributed by atoms with Gasteiger partial charge in [-0.15, -0.1) is 0 Å². The quantitative estimate of drug-likeness (QED) is 0.779. The van der Waals surface area contributed by atoms with E-state index in [1.165, 1.54) is 45.2 Å². The van der Waals surface area contributed by atoms with Crippen LogP contribution in [0.5, 0.6) is 0 Å². The summed E-state index contributed by atoms with van der Waals surface area (Å²) in [5, 5.41) is 0. The molecule has 0 aliphatic carbocycles. The van der Waals surface area contributed by atoms with Crippen LogP contribution in [-0.4, -0.2) is 91.0 Å². The Labute approximate surface area is 175 Å². The molecule has 3 aliphatic rings. The summed E-state index contributed by atoms with van der Waals surface area (Å²) in [5.74, 6) is 0.0508. The van der Waals surface area contributed by atoms with Gasteiger partial charge in [0.05, 0.1) is 11.9 Å². The highest BCUT2D eigenvalue weighted by Gasteiger charge is 2.27. The number of carbonyl (C=O) groups is 1. The van der Waals surface area contributed by atoms with E-state index in [0.717, 1.165) is 50.7 Å². The molecule has 0 radical (unpaired) electrons. The largest absolute Gasteiger partial charge is 0.370 e. The van der Waals surface area contributed by atoms with Crippen LogP contribution >= 0.6 is 0 Å². The fourth-order valence-electron chi connectivity index (χ4n) is 5.20. The molecule has 3 aliphatic heterocycles. The van der Waals surface area contributed by atoms with Gasteiger partial charge in [0.2, 0.25) is 0 Å². The summed E-state index contributed by atoms with van der Waals surface area (Å²) in [7, 11) is 4.08. The molecule has 1 amide bonds. The average molecular weight is 400 g/mol. The second-order valence-corrected chi connectivity index (χ2v) is 9.17. The zero-order chi connectivity index (χ0) is 20.2. The molecule has 0 atom stereocenters. The number of anilines is 1. The molecule has 0 spiro atoms. The van der Waals surface area contributed by atoms with E-state index in [1.54, 1.807) is 0 Å². The van der Waals surface area contributed by atoms with E-state index in [0.29, 0.717) is 11.7 Å². The summed E-state index contributed by atoms with van der Waals surface area (Å²) in [6.45, 7) is 6.86. The highest BCUT2D eigenvalue weighted by atomic mass is 16.2. The lowest BCUT2D eigenvalue weighted by molar-refractivity contribution is 0.0654. The standard InChI is InChI=1S/C23H37N5O/c1-25-14-8-19(9-15-25)26(2)23(29)22-7-6-21(18-24-22)28-16-10-20(11-17-28)27-12-4-3-5-13-27/h6-7,18-20H,3-5,8-17H2,1-2H3. The summed E-state index contributed by atoms with van der Waals surface area (Å²) < 4.78 is 0. The number of amides is 1. The first kappa shape index (κ1) is 20.6. The van der Waals surface area contributed by atoms with Gasteiger partial charge in [-0.3, -0.25) is 4.79 Å². The van der Waals surface area contributed by atoms with Crippen molar-refractivity contribution in [3.8, 4) is 0 Å². The second kappa shape index (κ2) is 9.43. The first-order valence-corrected chi connectivity index (χ1v) is 11.5. The van der Waals surface area contributed by atoms with Gasteiger partial charge in [0, 0.05) is 32.2 Å². The third-order valence-corrected chi connectivity index (χ3v) is 7.26. The number of nitrogens with zero attached hydrogens (tertiary/aromatic N) is 5. The van der Waals surface area contributed by atoms with Crippen molar-refractivity contribution in [1.29, 1.82) is 0 Å². The molecule has 3 saturated heterocycles. The van der Waals surface area contributed by atoms with Crippen LogP contribution in [0.4, 0.5) is 5.69 Å². The lowest BCUT2D eigenvalue weighted by atomic mass is 9.99. The Balaban J connectivity index is 1.30. The summed E-state index contributed by atoms with van der Waals surface area (Å²) in [4.78, 5) is 26.8. The maximum Gasteiger partial charge on any atom is 0.272 e. The molecule has 1 aromatic rings. The van der Waals surface area contributed by atoms with Crippen molar-refractivity contribution in [2.45, 2.75) is 57.0 Å². The lowest BCUT2D eigenvalue weighted by Crippen LogP contribution is -2.46. The number of carbonyl (C=O) groups excluding carboxylic acids is 1. The maximum absolute atomic E-state index is 12.9. The third kappa shape index (κ3) is 4.92. The van der Waals surface area contributed by atoms with Crippen LogP contribution in [-0.2, 0) is 0 Å². The van der Waals surface area contributed by atoms with Gasteiger partial charge in [0.25, 0.3) is 5.91 Å². The van der Waals surface area contributed by atoms with Crippen molar-refractivity contribution in [3.05, 3.63) is 24.0 Å². The van der Waals surface area contributed by atoms with E-state index in [4.69, 9.17) is 0 Å². The predicted molar refractivity (Wildman–Crippen MR) is 118 cm³/mol. The van der Waals surface area contributed by atoms with Gasteiger partial charge in [0.15, 0.2) is 0 Å². The fraction of sp³-hybridized carbons (Fsp3) is 0.739. The first-order valence-electron chi connectivity index (χ1n) is 11.5. The van der Waals surface area contributed by atoms with E-state index in [2.05, 4.69) is 32.8 Å². The average Bonchev–Trinajstić information content (AvgIpc) is 2.79. The third-order valence-electron chi connectivity index (χ3n) is 7.26. The fourth-order valence-corrected chi connectivity index (χ4v) is 5.20. The van der Waals surface area contributed by atoms with Crippen molar-refractivity contribution in [1.82, 2.24) is 19.7 Å². The second-order valence-electron chi connectivity index (χ2n) is 9.17. The highest BCUT2D eigenvalue weighted by molar-refractivity contribution is 5.92. The minimum absolute atomic E-state index is 0.0508. The topological polar surface area (TPSA) is 42.9 Å². The molecule has 6 heteroatoms. The van der Waals surface area contributed by atoms with Crippen molar-refractivity contribution in [2.75, 3.05) is 58.3 Å². The molecule has 0 unspecified atom stereocenters. The van der Waals surface area contributed by atoms with Gasteiger partial charge >= 0.3 is 0 Å². The molecule has 3 fully saturated rings. The Morgan fingerprint density at radius 3 is 2.28 bits per heavy atom. The van der Waals surface area contributed by atoms with E-state index in [-0.39, 0.29) is 5.91 Å². The van der Waals surface area contributed by atoms with E-state index >= 15 is 0 Å². The summed E-state index contributed by atoms with van der Waals surface area (Å²) in [5.41, 5.74) is 1.72. The van der Waals surface area contributed by atoms with Crippen molar-refractivity contribution >= 4 is 11.6 Å². The van der Waals surface area contributed by atoms with Crippen molar-refractivity contribution < 1.29 is 4.79 Å². The molecule has 0 N–H and O–H groups in total. The summed E-state index contributed by atoms with van der Waals surface area (Å²) in [6, 6.07) is 5.08. The molecule has 0 saturated carbocycles. The van der Waals surface area contributed by atoms with E-state index in [1.807, 2.05) is 24.2 Å². The Morgan fingerprint density at radius 1 is 0.966 bits per heavy atom. The van der Waals surface area contributed by atoms with Crippen LogP contribution in [0.15, 0.2) is 18.3 Å². The molecule has 0 aromatic carbocycles. The number of piperidine rings is 3. The number of rotatable bonds is 4. The monoisotopic (exact) mass is 399 g/mol. The molecule has 6 nitrogen and oxygen atoms in total. The molecular weight excluding hydrogens is 362 g/mol. The van der Waals surface area contributed by atoms with Crippen LogP contribution in [0.3, 0.4) is 0 Å². The summed E-state index contributed by atoms with van der Waals surface area (Å²) in [6.07, 6.45) is 10.6. The van der Waals surface area contributed by atoms with Crippen LogP contribution < -0.4 is 4.90 Å². The number of hydrogen-bond donors (Lipinski definition) is 0. The van der Waals surface area contributed by atoms with Gasteiger partial charge < -0.3 is 19.6 Å². The highest BCUT2D eigenvalue weighted by Crippen LogP contribution is 2.25. The van der Waals surface area contributed by atoms with Gasteiger partial charge in [-0.05, 0) is 83.9 Å². The zero-order valence-electron chi connectivity index (χ0n) is 18.2. The minimum atomic E-state index is 0.0508. The van der Waals surface area contributed by atoms with Crippen LogP contribution in [0, 0.1) is 0 Å². The molecular formula is C23H37N5O. The Morgan fingerprint density at radius 2 is 1.66 bits per heavy atom. The maximum atomic E-state index is 12.9. The van der Waals surface area contributed by atoms with Crippen molar-refractivity contribution in [2.24, 2.45) is 0 Å². The smallest absolute Gasteiger partial charge is 0.272 e. The zero-order valence-corrected chi connectivity index (χ0v) is 18.2. The minimum Gasteiger partial charge on any atom is -0.370 e. The normalized spacial score (nSPS) is 23.3. The number of pyridine rings is 1. The molecule has 4 rings (SSSR count). The Bertz CT molecular complexity index is 656. The Kier molecular flexibility index (Phi) is 6.70. The molecule has 0 bridgehead atoms. The van der Waals surface area contributed by atoms with E-state index < -0.39 is 0 Å². The van der Waals surface area contributed by atoms with Crippen LogP contribution in [0.1, 0.15) is 55.4 Å². The van der Waals surface area contributed by atoms with Gasteiger partial charge in [-0.1, -0.05) is 6.42 Å². The van der Waals surface area contributed by atoms with Crippen LogP contribution in [0.2, 0.25) is 0 Å². The lowest BCUT2D eigenvalue weighted by Gasteiger charge is -2.40. The van der Waals surface area contributed by atoms with Gasteiger partial charge in [-0.25, -0.2) is 4.98 Å². The van der Waals surface area contributed by atoms with Gasteiger partial charge in [0.1, 0.15) is 5.69 Å². The van der Waals surface area contributed by atoms with E-state index in [9.17, 15) is 4.79 Å². The van der Waals surface area contributed by atoms with Gasteiger partial charge in [-0.2, -0.15) is 0 Å². The van der Waals surface area contributed by atoms with Crippen LogP contribution in [0.25, 0.3) is 0 Å². The SMILES string of the molecule is CN1CCC(N(C)C(=O)c2ccc(N3CCC(N4CCCCC4)CC3)cn2)CC1.